The lowest BCUT2D eigenvalue weighted by Crippen LogP contribution is -1.86. The first-order valence-corrected chi connectivity index (χ1v) is 6.85. The number of hydrogen-bond donors (Lipinski definition) is 0. The lowest BCUT2D eigenvalue weighted by Gasteiger charge is -2.00. The number of rotatable bonds is 8. The highest BCUT2D eigenvalue weighted by molar-refractivity contribution is 4.86. The van der Waals surface area contributed by atoms with Gasteiger partial charge in [0, 0.05) is 0 Å². The maximum atomic E-state index is 3.83. The first-order valence-electron chi connectivity index (χ1n) is 6.85. The molecule has 0 aliphatic rings. The minimum atomic E-state index is 0.718. The summed E-state index contributed by atoms with van der Waals surface area (Å²) in [5.74, 6) is 0.718. The lowest BCUT2D eigenvalue weighted by molar-refractivity contribution is 0.599. The Kier molecular flexibility index (Phi) is 16.2. The van der Waals surface area contributed by atoms with Crippen LogP contribution in [0, 0.1) is 5.92 Å². The van der Waals surface area contributed by atoms with E-state index in [0.29, 0.717) is 0 Å². The van der Waals surface area contributed by atoms with Crippen LogP contribution < -0.4 is 0 Å². The minimum Gasteiger partial charge on any atom is -0.103 e. The summed E-state index contributed by atoms with van der Waals surface area (Å²) < 4.78 is 0. The third-order valence-electron chi connectivity index (χ3n) is 2.62. The molecule has 0 aliphatic heterocycles. The summed E-state index contributed by atoms with van der Waals surface area (Å²) in [5, 5.41) is 0. The van der Waals surface area contributed by atoms with Gasteiger partial charge in [-0.1, -0.05) is 58.1 Å². The van der Waals surface area contributed by atoms with Gasteiger partial charge in [0.25, 0.3) is 0 Å². The summed E-state index contributed by atoms with van der Waals surface area (Å²) >= 11 is 0. The summed E-state index contributed by atoms with van der Waals surface area (Å²) in [4.78, 5) is 0. The Morgan fingerprint density at radius 1 is 1.12 bits per heavy atom. The zero-order valence-electron chi connectivity index (χ0n) is 12.0. The summed E-state index contributed by atoms with van der Waals surface area (Å²) in [6.07, 6.45) is 11.2. The van der Waals surface area contributed by atoms with Crippen molar-refractivity contribution in [3.8, 4) is 0 Å². The van der Waals surface area contributed by atoms with Gasteiger partial charge >= 0.3 is 0 Å². The summed E-state index contributed by atoms with van der Waals surface area (Å²) in [7, 11) is 0. The molecule has 0 amide bonds. The van der Waals surface area contributed by atoms with E-state index >= 15 is 0 Å². The van der Waals surface area contributed by atoms with Crippen molar-refractivity contribution in [2.75, 3.05) is 0 Å². The predicted octanol–water partition coefficient (Wildman–Crippen LogP) is 6.14. The van der Waals surface area contributed by atoms with Gasteiger partial charge in [-0.05, 0) is 32.1 Å². The molecule has 96 valence electrons. The second kappa shape index (κ2) is 14.5. The monoisotopic (exact) mass is 224 g/mol. The van der Waals surface area contributed by atoms with Crippen LogP contribution in [0.3, 0.4) is 0 Å². The molecule has 0 fully saturated rings. The topological polar surface area (TPSA) is 0 Å². The molecule has 0 heteroatoms. The molecule has 0 rings (SSSR count). The van der Waals surface area contributed by atoms with Gasteiger partial charge in [-0.15, -0.1) is 13.2 Å². The molecule has 0 heterocycles. The Balaban J connectivity index is 0. The zero-order valence-corrected chi connectivity index (χ0v) is 12.0. The van der Waals surface area contributed by atoms with E-state index in [0.717, 1.165) is 5.92 Å². The van der Waals surface area contributed by atoms with E-state index < -0.39 is 0 Å². The second-order valence-electron chi connectivity index (χ2n) is 4.77. The van der Waals surface area contributed by atoms with Crippen LogP contribution in [-0.4, -0.2) is 0 Å². The van der Waals surface area contributed by atoms with Crippen molar-refractivity contribution >= 4 is 0 Å². The third kappa shape index (κ3) is 19.1. The van der Waals surface area contributed by atoms with E-state index in [1.54, 1.807) is 0 Å². The van der Waals surface area contributed by atoms with Crippen LogP contribution in [0.5, 0.6) is 0 Å². The zero-order chi connectivity index (χ0) is 12.8. The normalized spacial score (nSPS) is 11.2. The van der Waals surface area contributed by atoms with Crippen molar-refractivity contribution in [1.29, 1.82) is 0 Å². The van der Waals surface area contributed by atoms with E-state index in [4.69, 9.17) is 0 Å². The van der Waals surface area contributed by atoms with Gasteiger partial charge in [0.15, 0.2) is 0 Å². The summed E-state index contributed by atoms with van der Waals surface area (Å²) in [6.45, 7) is 16.3. The van der Waals surface area contributed by atoms with Gasteiger partial charge in [0.2, 0.25) is 0 Å². The van der Waals surface area contributed by atoms with Crippen LogP contribution >= 0.6 is 0 Å². The van der Waals surface area contributed by atoms with Crippen LogP contribution in [0.4, 0.5) is 0 Å². The molecule has 0 N–H and O–H groups in total. The number of hydrogen-bond acceptors (Lipinski definition) is 0. The van der Waals surface area contributed by atoms with E-state index in [1.807, 2.05) is 6.08 Å². The van der Waals surface area contributed by atoms with Gasteiger partial charge in [-0.2, -0.15) is 0 Å². The first kappa shape index (κ1) is 17.9. The van der Waals surface area contributed by atoms with Gasteiger partial charge in [0.1, 0.15) is 0 Å². The SMILES string of the molecule is C=C(C)CCCCC.C=CC(C)CCCC. The average molecular weight is 224 g/mol. The fraction of sp³-hybridized carbons (Fsp3) is 0.750. The molecule has 0 saturated heterocycles. The van der Waals surface area contributed by atoms with Gasteiger partial charge in [-0.3, -0.25) is 0 Å². The minimum absolute atomic E-state index is 0.718. The van der Waals surface area contributed by atoms with Crippen LogP contribution in [0.15, 0.2) is 24.8 Å². The molecule has 0 aromatic carbocycles. The molecule has 1 unspecified atom stereocenters. The molecule has 0 bridgehead atoms. The first-order chi connectivity index (χ1) is 7.58. The Labute approximate surface area is 104 Å². The van der Waals surface area contributed by atoms with Gasteiger partial charge in [0.05, 0.1) is 0 Å². The Morgan fingerprint density at radius 2 is 1.69 bits per heavy atom. The fourth-order valence-electron chi connectivity index (χ4n) is 1.32. The molecule has 0 saturated carbocycles. The van der Waals surface area contributed by atoms with Crippen molar-refractivity contribution in [2.45, 2.75) is 72.6 Å². The average Bonchev–Trinajstić information content (AvgIpc) is 2.26. The highest BCUT2D eigenvalue weighted by Gasteiger charge is 1.91. The molecule has 1 atom stereocenters. The molecule has 0 radical (unpaired) electrons. The number of allylic oxidation sites excluding steroid dienone is 2. The lowest BCUT2D eigenvalue weighted by atomic mass is 10.1. The molecule has 0 aromatic heterocycles. The molecule has 0 aromatic rings. The van der Waals surface area contributed by atoms with E-state index in [-0.39, 0.29) is 0 Å². The Morgan fingerprint density at radius 3 is 2.06 bits per heavy atom. The highest BCUT2D eigenvalue weighted by atomic mass is 14.0. The number of unbranched alkanes of at least 4 members (excludes halogenated alkanes) is 3. The van der Waals surface area contributed by atoms with Gasteiger partial charge < -0.3 is 0 Å². The molecule has 0 spiro atoms. The van der Waals surface area contributed by atoms with Crippen LogP contribution in [0.1, 0.15) is 72.6 Å². The molecule has 0 nitrogen and oxygen atoms in total. The van der Waals surface area contributed by atoms with Crippen molar-refractivity contribution < 1.29 is 0 Å². The van der Waals surface area contributed by atoms with E-state index in [2.05, 4.69) is 40.9 Å². The van der Waals surface area contributed by atoms with Crippen molar-refractivity contribution in [2.24, 2.45) is 5.92 Å². The molecule has 16 heavy (non-hydrogen) atoms. The standard InChI is InChI=1S/2C8H16/c1-4-5-6-7-8(2)3;1-4-6-7-8(3)5-2/h2,4-7H2,1,3H3;5,8H,2,4,6-7H2,1,3H3. The Bertz CT molecular complexity index is 155. The van der Waals surface area contributed by atoms with Crippen molar-refractivity contribution in [1.82, 2.24) is 0 Å². The summed E-state index contributed by atoms with van der Waals surface area (Å²) in [6, 6.07) is 0. The maximum absolute atomic E-state index is 3.83. The van der Waals surface area contributed by atoms with E-state index in [9.17, 15) is 0 Å². The molecule has 0 aliphatic carbocycles. The predicted molar refractivity (Wildman–Crippen MR) is 77.8 cm³/mol. The van der Waals surface area contributed by atoms with Crippen molar-refractivity contribution in [3.05, 3.63) is 24.8 Å². The summed E-state index contributed by atoms with van der Waals surface area (Å²) in [5.41, 5.74) is 1.32. The Hall–Kier alpha value is -0.520. The van der Waals surface area contributed by atoms with Crippen LogP contribution in [-0.2, 0) is 0 Å². The highest BCUT2D eigenvalue weighted by Crippen LogP contribution is 2.06. The van der Waals surface area contributed by atoms with Gasteiger partial charge in [-0.25, -0.2) is 0 Å². The molecular formula is C16H32. The van der Waals surface area contributed by atoms with E-state index in [1.165, 1.54) is 50.5 Å². The maximum Gasteiger partial charge on any atom is -0.0265 e. The smallest absolute Gasteiger partial charge is 0.0265 e. The molecular weight excluding hydrogens is 192 g/mol. The second-order valence-corrected chi connectivity index (χ2v) is 4.77. The third-order valence-corrected chi connectivity index (χ3v) is 2.62. The van der Waals surface area contributed by atoms with Crippen molar-refractivity contribution in [3.63, 3.8) is 0 Å². The van der Waals surface area contributed by atoms with Crippen LogP contribution in [0.2, 0.25) is 0 Å². The fourth-order valence-corrected chi connectivity index (χ4v) is 1.32. The largest absolute Gasteiger partial charge is 0.103 e. The quantitative estimate of drug-likeness (QED) is 0.343. The van der Waals surface area contributed by atoms with Crippen LogP contribution in [0.25, 0.3) is 0 Å².